The fourth-order valence-electron chi connectivity index (χ4n) is 12.3. The summed E-state index contributed by atoms with van der Waals surface area (Å²) < 4.78 is 109. The van der Waals surface area contributed by atoms with Crippen molar-refractivity contribution in [3.8, 4) is 16.9 Å². The molecule has 22 nitrogen and oxygen atoms in total. The van der Waals surface area contributed by atoms with E-state index < -0.39 is 136 Å². The third kappa shape index (κ3) is 17.7. The largest absolute Gasteiger partial charge is 0.459 e. The maximum atomic E-state index is 14.6. The van der Waals surface area contributed by atoms with Gasteiger partial charge >= 0.3 is 12.1 Å². The lowest BCUT2D eigenvalue weighted by atomic mass is 9.73. The molecule has 3 aliphatic heterocycles. The number of rotatable bonds is 21. The zero-order chi connectivity index (χ0) is 65.4. The summed E-state index contributed by atoms with van der Waals surface area (Å²) in [6.45, 7) is 18.3. The molecule has 4 heterocycles. The number of unbranched alkanes of at least 4 members (excludes halogenated alkanes) is 3. The first-order valence-corrected chi connectivity index (χ1v) is 31.9. The number of aliphatic hydroxyl groups excluding tert-OH is 3. The Morgan fingerprint density at radius 1 is 0.898 bits per heavy atom. The van der Waals surface area contributed by atoms with Gasteiger partial charge in [-0.15, -0.1) is 0 Å². The minimum Gasteiger partial charge on any atom is -0.459 e. The van der Waals surface area contributed by atoms with Crippen LogP contribution in [0.2, 0.25) is 0 Å². The molecule has 0 aliphatic carbocycles. The van der Waals surface area contributed by atoms with Crippen LogP contribution < -0.4 is 10.0 Å². The molecule has 1 unspecified atom stereocenters. The summed E-state index contributed by atoms with van der Waals surface area (Å²) in [5.74, 6) is -5.04. The lowest BCUT2D eigenvalue weighted by molar-refractivity contribution is -0.317. The molecule has 1 aromatic heterocycles. The number of methoxy groups -OCH3 is 1. The van der Waals surface area contributed by atoms with E-state index in [4.69, 9.17) is 33.3 Å². The van der Waals surface area contributed by atoms with Crippen LogP contribution in [0.5, 0.6) is 0 Å². The highest BCUT2D eigenvalue weighted by atomic mass is 32.2. The maximum absolute atomic E-state index is 14.6. The van der Waals surface area contributed by atoms with E-state index in [9.17, 15) is 56.7 Å². The van der Waals surface area contributed by atoms with Gasteiger partial charge in [0.15, 0.2) is 18.3 Å². The first-order valence-electron chi connectivity index (χ1n) is 30.4. The molecule has 3 fully saturated rings. The lowest BCUT2D eigenvalue weighted by Gasteiger charge is -2.49. The number of esters is 1. The Morgan fingerprint density at radius 2 is 1.55 bits per heavy atom. The Morgan fingerprint density at radius 3 is 2.16 bits per heavy atom. The van der Waals surface area contributed by atoms with E-state index in [-0.39, 0.29) is 66.5 Å². The maximum Gasteiger partial charge on any atom is 0.435 e. The molecule has 0 saturated carbocycles. The van der Waals surface area contributed by atoms with Gasteiger partial charge in [-0.05, 0) is 131 Å². The Balaban J connectivity index is 1.12. The second-order valence-electron chi connectivity index (χ2n) is 25.2. The molecule has 0 radical (unpaired) electrons. The second kappa shape index (κ2) is 30.2. The van der Waals surface area contributed by atoms with Gasteiger partial charge in [0.1, 0.15) is 30.5 Å². The van der Waals surface area contributed by atoms with Gasteiger partial charge in [-0.25, -0.2) is 17.8 Å². The number of carbonyl (C=O) groups excluding carboxylic acids is 2. The van der Waals surface area contributed by atoms with Crippen LogP contribution in [-0.2, 0) is 59.0 Å². The van der Waals surface area contributed by atoms with E-state index in [0.29, 0.717) is 37.7 Å². The number of halogens is 3. The molecule has 3 aromatic rings. The molecule has 18 atom stereocenters. The Kier molecular flexibility index (Phi) is 24.8. The van der Waals surface area contributed by atoms with E-state index >= 15 is 0 Å². The third-order valence-corrected chi connectivity index (χ3v) is 19.1. The molecule has 6 rings (SSSR count). The number of cyclic esters (lactones) is 1. The number of alkyl halides is 3. The third-order valence-electron chi connectivity index (χ3n) is 17.7. The van der Waals surface area contributed by atoms with Crippen molar-refractivity contribution in [2.24, 2.45) is 28.8 Å². The van der Waals surface area contributed by atoms with Crippen LogP contribution in [-0.4, -0.2) is 191 Å². The number of aryl methyl sites for hydroxylation is 1. The van der Waals surface area contributed by atoms with Crippen molar-refractivity contribution < 1.29 is 90.0 Å². The molecule has 1 amide bonds. The van der Waals surface area contributed by atoms with Crippen LogP contribution in [0.3, 0.4) is 0 Å². The van der Waals surface area contributed by atoms with E-state index in [1.54, 1.807) is 79.7 Å². The Labute approximate surface area is 515 Å². The topological polar surface area (TPSA) is 292 Å². The average molecular weight is 1270 g/mol. The van der Waals surface area contributed by atoms with Gasteiger partial charge < -0.3 is 69.0 Å². The Bertz CT molecular complexity index is 2900. The smallest absolute Gasteiger partial charge is 0.435 e. The molecular weight excluding hydrogens is 1170 g/mol. The molecular formula is C62H95F3N6O16S. The molecule has 0 spiro atoms. The summed E-state index contributed by atoms with van der Waals surface area (Å²) in [7, 11) is 0.938. The molecule has 3 aliphatic rings. The summed E-state index contributed by atoms with van der Waals surface area (Å²) in [4.78, 5) is 34.9. The van der Waals surface area contributed by atoms with Crippen LogP contribution in [0.25, 0.3) is 16.9 Å². The van der Waals surface area contributed by atoms with Crippen molar-refractivity contribution in [3.05, 3.63) is 65.9 Å². The fraction of sp³-hybridized carbons (Fsp3) is 0.710. The van der Waals surface area contributed by atoms with Crippen molar-refractivity contribution in [3.63, 3.8) is 0 Å². The number of hydrogen-bond donors (Lipinski definition) is 7. The number of carbonyl (C=O) groups is 2. The van der Waals surface area contributed by atoms with Crippen LogP contribution in [0.15, 0.2) is 64.6 Å². The number of aliphatic hydroxyl groups is 5. The monoisotopic (exact) mass is 1270 g/mol. The molecule has 7 N–H and O–H groups in total. The van der Waals surface area contributed by atoms with E-state index in [1.165, 1.54) is 38.3 Å². The number of nitrogens with one attached hydrogen (secondary N) is 2. The highest BCUT2D eigenvalue weighted by molar-refractivity contribution is 7.89. The van der Waals surface area contributed by atoms with Gasteiger partial charge in [-0.1, -0.05) is 69.1 Å². The summed E-state index contributed by atoms with van der Waals surface area (Å²) in [5, 5.41) is 71.2. The Hall–Kier alpha value is -4.68. The SMILES string of the molecule is CC[C@H]1OC(=O)[C@H](C)[C@@H](O[C@H]2C[C@@](C)(OC)[C@@H](O)[C@H](C)O2)[C@H](C)C(O[C@@H]2O[C@H](C)C[C@H](N(C)C)[C@H]2O)[C@](C)(O)C[C@@H](C)/C(=N\OCCCCCCNC(=O)CNS(=O)(=O)c2ccc(-n3nc(C(F)(F)F)cc3-c3ccc(C)cc3)cc2)[C@H](C)[C@@H](O)[C@]1(C)O. The number of aromatic nitrogens is 2. The van der Waals surface area contributed by atoms with Gasteiger partial charge in [-0.2, -0.15) is 18.3 Å². The van der Waals surface area contributed by atoms with Crippen LogP contribution >= 0.6 is 0 Å². The predicted molar refractivity (Wildman–Crippen MR) is 320 cm³/mol. The number of likely N-dealkylation sites (N-methyl/N-ethyl adjacent to an activating group) is 1. The van der Waals surface area contributed by atoms with E-state index in [0.717, 1.165) is 16.3 Å². The van der Waals surface area contributed by atoms with E-state index in [1.807, 2.05) is 32.8 Å². The first kappa shape index (κ1) is 72.4. The minimum absolute atomic E-state index is 0.0485. The van der Waals surface area contributed by atoms with Crippen LogP contribution in [0.4, 0.5) is 13.2 Å². The molecule has 3 saturated heterocycles. The number of benzene rings is 2. The summed E-state index contributed by atoms with van der Waals surface area (Å²) >= 11 is 0. The summed E-state index contributed by atoms with van der Waals surface area (Å²) in [6, 6.07) is 12.5. The number of nitrogens with zero attached hydrogens (tertiary/aromatic N) is 4. The predicted octanol–water partition coefficient (Wildman–Crippen LogP) is 6.42. The number of ether oxygens (including phenoxy) is 6. The second-order valence-corrected chi connectivity index (χ2v) is 27.0. The normalized spacial score (nSPS) is 34.5. The van der Waals surface area contributed by atoms with Crippen LogP contribution in [0, 0.1) is 30.6 Å². The molecule has 26 heteroatoms. The minimum atomic E-state index is -4.72. The first-order chi connectivity index (χ1) is 41.1. The van der Waals surface area contributed by atoms with Gasteiger partial charge in [0, 0.05) is 49.4 Å². The van der Waals surface area contributed by atoms with Crippen molar-refractivity contribution in [1.29, 1.82) is 0 Å². The molecule has 496 valence electrons. The quantitative estimate of drug-likeness (QED) is 0.0344. The standard InChI is InChI=1S/C62H95F3N6O16S/c1-15-48-61(11,78)54(74)38(5)51(69-82-29-19-17-16-18-28-66-49(72)34-67-88(79,80)44-26-24-43(25-27-44)71-45(31-47(68-71)62(63,64)65)42-22-20-35(2)21-23-42)36(3)32-59(9,77)56(87-58-52(73)46(70(12)13)30-37(4)83-58)39(6)53(40(7)57(76)85-48)86-50-33-60(10,81-14)55(75)41(8)84-50/h20-27,31,36-41,46,48,50,52-56,58,67,73-75,77-78H,15-19,28-30,32-34H2,1-14H3,(H,66,72)/b69-51+/t36-,37-,38+,39+,40-,41+,46+,48-,50+,52-,53+,54-,55+,56?,58+,59-,60-,61-/m1/s1. The van der Waals surface area contributed by atoms with Gasteiger partial charge in [0.25, 0.3) is 0 Å². The number of oxime groups is 1. The number of amides is 1. The summed E-state index contributed by atoms with van der Waals surface area (Å²) in [6.07, 6.45) is -12.7. The van der Waals surface area contributed by atoms with Crippen molar-refractivity contribution in [2.75, 3.05) is 40.9 Å². The number of hydrogen-bond acceptors (Lipinski definition) is 19. The highest BCUT2D eigenvalue weighted by Gasteiger charge is 2.54. The van der Waals surface area contributed by atoms with Crippen molar-refractivity contribution in [1.82, 2.24) is 24.7 Å². The fourth-order valence-corrected chi connectivity index (χ4v) is 13.3. The van der Waals surface area contributed by atoms with Crippen LogP contribution in [0.1, 0.15) is 132 Å². The van der Waals surface area contributed by atoms with Gasteiger partial charge in [0.2, 0.25) is 15.9 Å². The molecule has 88 heavy (non-hydrogen) atoms. The number of sulfonamides is 1. The molecule has 2 aromatic carbocycles. The van der Waals surface area contributed by atoms with Gasteiger partial charge in [-0.3, -0.25) is 9.59 Å². The highest BCUT2D eigenvalue weighted by Crippen LogP contribution is 2.42. The van der Waals surface area contributed by atoms with Crippen molar-refractivity contribution >= 4 is 27.6 Å². The zero-order valence-electron chi connectivity index (χ0n) is 53.2. The average Bonchev–Trinajstić information content (AvgIpc) is 1.81. The zero-order valence-corrected chi connectivity index (χ0v) is 54.0. The lowest BCUT2D eigenvalue weighted by Crippen LogP contribution is -2.61. The van der Waals surface area contributed by atoms with Crippen molar-refractivity contribution in [2.45, 2.75) is 223 Å². The van der Waals surface area contributed by atoms with Gasteiger partial charge in [0.05, 0.1) is 76.2 Å². The summed E-state index contributed by atoms with van der Waals surface area (Å²) in [5.41, 5.74) is -4.11. The van der Waals surface area contributed by atoms with E-state index in [2.05, 4.69) is 20.3 Å². The molecule has 0 bridgehead atoms.